The van der Waals surface area contributed by atoms with Crippen molar-refractivity contribution < 1.29 is 9.47 Å². The molecule has 0 amide bonds. The molecule has 0 saturated carbocycles. The third-order valence-corrected chi connectivity index (χ3v) is 6.53. The van der Waals surface area contributed by atoms with Crippen molar-refractivity contribution in [3.63, 3.8) is 0 Å². The average molecular weight is 443 g/mol. The van der Waals surface area contributed by atoms with Crippen LogP contribution in [0.15, 0.2) is 36.6 Å². The van der Waals surface area contributed by atoms with E-state index in [0.29, 0.717) is 11.2 Å². The molecule has 1 fully saturated rings. The fraction of sp³-hybridized carbons (Fsp3) is 0.577. The minimum atomic E-state index is 0.269. The summed E-state index contributed by atoms with van der Waals surface area (Å²) in [5.41, 5.74) is 3.74. The second kappa shape index (κ2) is 11.7. The summed E-state index contributed by atoms with van der Waals surface area (Å²) < 4.78 is 12.2. The van der Waals surface area contributed by atoms with Crippen molar-refractivity contribution in [1.29, 1.82) is 0 Å². The maximum absolute atomic E-state index is 6.27. The molecule has 1 heterocycles. The Morgan fingerprint density at radius 3 is 2.77 bits per heavy atom. The summed E-state index contributed by atoms with van der Waals surface area (Å²) in [5.74, 6) is 1.93. The van der Waals surface area contributed by atoms with E-state index >= 15 is 0 Å². The van der Waals surface area contributed by atoms with Gasteiger partial charge in [-0.2, -0.15) is 0 Å². The Hall–Kier alpha value is -1.85. The maximum Gasteiger partial charge on any atom is 0.262 e. The number of hydrogen-bond donors (Lipinski definition) is 1. The van der Waals surface area contributed by atoms with E-state index < -0.39 is 0 Å². The second-order valence-corrected chi connectivity index (χ2v) is 9.14. The van der Waals surface area contributed by atoms with E-state index in [2.05, 4.69) is 55.8 Å². The van der Waals surface area contributed by atoms with Gasteiger partial charge in [0.25, 0.3) is 5.17 Å². The van der Waals surface area contributed by atoms with Crippen molar-refractivity contribution in [2.75, 3.05) is 19.6 Å². The van der Waals surface area contributed by atoms with Crippen LogP contribution in [0, 0.1) is 0 Å². The molecule has 31 heavy (non-hydrogen) atoms. The lowest BCUT2D eigenvalue weighted by Gasteiger charge is -2.25. The molecular formula is C26H38N2O2S. The Bertz CT molecular complexity index is 805. The number of nitrogens with one attached hydrogen (secondary N) is 1. The SMILES string of the molecule is C=COc1cc(CCCCC)cc(OC(=S)NCC2CN2CC)c1[C@@H]1C=C(C)CCC1. The van der Waals surface area contributed by atoms with Crippen LogP contribution in [0.4, 0.5) is 0 Å². The topological polar surface area (TPSA) is 33.5 Å². The molecular weight excluding hydrogens is 404 g/mol. The Labute approximate surface area is 193 Å². The molecule has 1 aromatic carbocycles. The van der Waals surface area contributed by atoms with Crippen molar-refractivity contribution in [1.82, 2.24) is 10.2 Å². The average Bonchev–Trinajstić information content (AvgIpc) is 3.51. The highest BCUT2D eigenvalue weighted by Gasteiger charge is 2.32. The number of rotatable bonds is 11. The van der Waals surface area contributed by atoms with E-state index in [0.717, 1.165) is 62.4 Å². The van der Waals surface area contributed by atoms with Gasteiger partial charge in [0.05, 0.1) is 6.26 Å². The Morgan fingerprint density at radius 1 is 1.29 bits per heavy atom. The zero-order chi connectivity index (χ0) is 22.2. The highest BCUT2D eigenvalue weighted by atomic mass is 32.1. The first-order chi connectivity index (χ1) is 15.0. The van der Waals surface area contributed by atoms with Crippen LogP contribution in [-0.4, -0.2) is 35.8 Å². The first-order valence-corrected chi connectivity index (χ1v) is 12.3. The first-order valence-electron chi connectivity index (χ1n) is 11.9. The number of ether oxygens (including phenoxy) is 2. The number of allylic oxidation sites excluding steroid dienone is 2. The largest absolute Gasteiger partial charge is 0.465 e. The second-order valence-electron chi connectivity index (χ2n) is 8.77. The predicted octanol–water partition coefficient (Wildman–Crippen LogP) is 6.11. The number of aryl methyl sites for hydroxylation is 1. The fourth-order valence-electron chi connectivity index (χ4n) is 4.50. The zero-order valence-electron chi connectivity index (χ0n) is 19.4. The summed E-state index contributed by atoms with van der Waals surface area (Å²) >= 11 is 5.57. The lowest BCUT2D eigenvalue weighted by molar-refractivity contribution is 0.452. The highest BCUT2D eigenvalue weighted by Crippen LogP contribution is 2.43. The van der Waals surface area contributed by atoms with Crippen molar-refractivity contribution >= 4 is 17.4 Å². The Kier molecular flexibility index (Phi) is 8.97. The van der Waals surface area contributed by atoms with Gasteiger partial charge in [0.15, 0.2) is 0 Å². The molecule has 1 N–H and O–H groups in total. The number of hydrogen-bond acceptors (Lipinski definition) is 4. The molecule has 1 aromatic rings. The van der Waals surface area contributed by atoms with Gasteiger partial charge in [-0.3, -0.25) is 4.90 Å². The Balaban J connectivity index is 1.85. The molecule has 170 valence electrons. The van der Waals surface area contributed by atoms with E-state index in [9.17, 15) is 0 Å². The van der Waals surface area contributed by atoms with Crippen LogP contribution < -0.4 is 14.8 Å². The number of benzene rings is 1. The van der Waals surface area contributed by atoms with Crippen molar-refractivity contribution in [3.8, 4) is 11.5 Å². The van der Waals surface area contributed by atoms with Gasteiger partial charge in [-0.15, -0.1) is 0 Å². The summed E-state index contributed by atoms with van der Waals surface area (Å²) in [6.45, 7) is 13.5. The smallest absolute Gasteiger partial charge is 0.262 e. The van der Waals surface area contributed by atoms with Gasteiger partial charge in [-0.1, -0.05) is 44.9 Å². The van der Waals surface area contributed by atoms with Crippen LogP contribution in [-0.2, 0) is 6.42 Å². The van der Waals surface area contributed by atoms with Gasteiger partial charge in [-0.25, -0.2) is 0 Å². The van der Waals surface area contributed by atoms with Crippen molar-refractivity contribution in [3.05, 3.63) is 47.7 Å². The van der Waals surface area contributed by atoms with E-state index in [-0.39, 0.29) is 5.92 Å². The molecule has 3 atom stereocenters. The predicted molar refractivity (Wildman–Crippen MR) is 133 cm³/mol. The zero-order valence-corrected chi connectivity index (χ0v) is 20.2. The summed E-state index contributed by atoms with van der Waals surface area (Å²) in [7, 11) is 0. The molecule has 1 aliphatic heterocycles. The first kappa shape index (κ1) is 23.8. The minimum Gasteiger partial charge on any atom is -0.465 e. The van der Waals surface area contributed by atoms with Gasteiger partial charge in [-0.05, 0) is 75.5 Å². The third kappa shape index (κ3) is 6.81. The third-order valence-electron chi connectivity index (χ3n) is 6.30. The molecule has 2 aliphatic rings. The molecule has 0 bridgehead atoms. The molecule has 5 heteroatoms. The molecule has 1 saturated heterocycles. The normalized spacial score (nSPS) is 22.4. The molecule has 0 spiro atoms. The fourth-order valence-corrected chi connectivity index (χ4v) is 4.67. The summed E-state index contributed by atoms with van der Waals surface area (Å²) in [4.78, 5) is 2.40. The number of unbranched alkanes of at least 4 members (excludes halogenated alkanes) is 2. The van der Waals surface area contributed by atoms with Gasteiger partial charge >= 0.3 is 0 Å². The van der Waals surface area contributed by atoms with E-state index in [1.54, 1.807) is 0 Å². The number of likely N-dealkylation sites (N-methyl/N-ethyl adjacent to an activating group) is 1. The number of thiocarbonyl (C=S) groups is 1. The van der Waals surface area contributed by atoms with Crippen LogP contribution in [0.5, 0.6) is 11.5 Å². The molecule has 4 nitrogen and oxygen atoms in total. The summed E-state index contributed by atoms with van der Waals surface area (Å²) in [6.07, 6.45) is 11.9. The molecule has 0 radical (unpaired) electrons. The van der Waals surface area contributed by atoms with Gasteiger partial charge in [0, 0.05) is 30.6 Å². The molecule has 2 unspecified atom stereocenters. The van der Waals surface area contributed by atoms with E-state index in [1.165, 1.54) is 36.7 Å². The van der Waals surface area contributed by atoms with E-state index in [4.69, 9.17) is 21.7 Å². The Morgan fingerprint density at radius 2 is 2.10 bits per heavy atom. The summed E-state index contributed by atoms with van der Waals surface area (Å²) in [6, 6.07) is 4.90. The van der Waals surface area contributed by atoms with Crippen LogP contribution in [0.3, 0.4) is 0 Å². The molecule has 0 aromatic heterocycles. The van der Waals surface area contributed by atoms with Crippen molar-refractivity contribution in [2.24, 2.45) is 0 Å². The van der Waals surface area contributed by atoms with E-state index in [1.807, 2.05) is 0 Å². The van der Waals surface area contributed by atoms with Gasteiger partial charge < -0.3 is 14.8 Å². The lowest BCUT2D eigenvalue weighted by atomic mass is 9.84. The standard InChI is InChI=1S/C26H38N2O2S/c1-5-8-9-12-20-15-23(29-7-3)25(21-13-10-11-19(4)14-21)24(16-20)30-26(31)27-17-22-18-28(22)6-2/h7,14-16,21-22H,3,5-6,8-13,17-18H2,1-2,4H3,(H,27,31)/t21-,22?,28?/m0/s1. The van der Waals surface area contributed by atoms with Crippen LogP contribution >= 0.6 is 12.2 Å². The van der Waals surface area contributed by atoms with Gasteiger partial charge in [0.1, 0.15) is 11.5 Å². The quantitative estimate of drug-likeness (QED) is 0.147. The monoisotopic (exact) mass is 442 g/mol. The highest BCUT2D eigenvalue weighted by molar-refractivity contribution is 7.80. The summed E-state index contributed by atoms with van der Waals surface area (Å²) in [5, 5.41) is 3.75. The molecule has 1 aliphatic carbocycles. The van der Waals surface area contributed by atoms with Crippen LogP contribution in [0.1, 0.15) is 76.3 Å². The van der Waals surface area contributed by atoms with Crippen molar-refractivity contribution in [2.45, 2.75) is 77.7 Å². The van der Waals surface area contributed by atoms with Crippen LogP contribution in [0.2, 0.25) is 0 Å². The lowest BCUT2D eigenvalue weighted by Crippen LogP contribution is -2.31. The maximum atomic E-state index is 6.27. The molecule has 3 rings (SSSR count). The number of nitrogens with zero attached hydrogens (tertiary/aromatic N) is 1. The van der Waals surface area contributed by atoms with Crippen LogP contribution in [0.25, 0.3) is 0 Å². The van der Waals surface area contributed by atoms with Gasteiger partial charge in [0.2, 0.25) is 0 Å². The minimum absolute atomic E-state index is 0.269.